The van der Waals surface area contributed by atoms with Crippen LogP contribution in [0, 0.1) is 0 Å². The van der Waals surface area contributed by atoms with Crippen LogP contribution in [-0.4, -0.2) is 49.4 Å². The summed E-state index contributed by atoms with van der Waals surface area (Å²) in [7, 11) is 0. The van der Waals surface area contributed by atoms with Crippen LogP contribution >= 0.6 is 24.0 Å². The largest absolute Gasteiger partial charge is 0.481 e. The molecule has 3 heterocycles. The highest BCUT2D eigenvalue weighted by Gasteiger charge is 2.32. The molecule has 4 rings (SSSR count). The van der Waals surface area contributed by atoms with E-state index in [0.717, 1.165) is 0 Å². The van der Waals surface area contributed by atoms with Crippen molar-refractivity contribution < 1.29 is 24.3 Å². The van der Waals surface area contributed by atoms with Crippen molar-refractivity contribution >= 4 is 63.6 Å². The fourth-order valence-electron chi connectivity index (χ4n) is 3.54. The lowest BCUT2D eigenvalue weighted by molar-refractivity contribution is -0.137. The summed E-state index contributed by atoms with van der Waals surface area (Å²) in [4.78, 5) is 53.5. The predicted octanol–water partition coefficient (Wildman–Crippen LogP) is 3.73. The van der Waals surface area contributed by atoms with Gasteiger partial charge in [-0.15, -0.1) is 0 Å². The van der Waals surface area contributed by atoms with Crippen LogP contribution < -0.4 is 5.32 Å². The van der Waals surface area contributed by atoms with E-state index in [2.05, 4.69) is 10.3 Å². The van der Waals surface area contributed by atoms with Gasteiger partial charge in [-0.1, -0.05) is 42.5 Å². The van der Waals surface area contributed by atoms with Crippen molar-refractivity contribution in [1.82, 2.24) is 9.88 Å². The number of hydrogen-bond acceptors (Lipinski definition) is 7. The molecule has 0 radical (unpaired) electrons. The fraction of sp³-hybridized carbons (Fsp3) is 0.217. The van der Waals surface area contributed by atoms with E-state index in [1.165, 1.54) is 16.7 Å². The molecule has 1 aromatic carbocycles. The van der Waals surface area contributed by atoms with Crippen molar-refractivity contribution in [3.8, 4) is 11.3 Å². The molecular weight excluding hydrogens is 462 g/mol. The van der Waals surface area contributed by atoms with E-state index in [4.69, 9.17) is 17.3 Å². The van der Waals surface area contributed by atoms with Gasteiger partial charge in [-0.25, -0.2) is 4.98 Å². The molecule has 0 aliphatic carbocycles. The first kappa shape index (κ1) is 22.8. The van der Waals surface area contributed by atoms with Crippen LogP contribution in [0.2, 0.25) is 0 Å². The number of Topliss-reactive ketones (excluding diaryl/α,β-unsaturated/α-hetero) is 1. The number of aliphatic carboxylic acids is 1. The fourth-order valence-corrected chi connectivity index (χ4v) is 4.84. The molecule has 2 N–H and O–H groups in total. The van der Waals surface area contributed by atoms with Crippen LogP contribution in [0.1, 0.15) is 41.7 Å². The normalized spacial score (nSPS) is 16.5. The Hall–Kier alpha value is -3.37. The molecule has 1 aromatic heterocycles. The zero-order valence-electron chi connectivity index (χ0n) is 17.4. The van der Waals surface area contributed by atoms with E-state index in [1.54, 1.807) is 42.5 Å². The van der Waals surface area contributed by atoms with Crippen molar-refractivity contribution in [1.29, 1.82) is 0 Å². The number of thiocarbonyl (C=S) groups is 1. The lowest BCUT2D eigenvalue weighted by Gasteiger charge is -2.13. The highest BCUT2D eigenvalue weighted by molar-refractivity contribution is 8.26. The molecule has 0 atom stereocenters. The summed E-state index contributed by atoms with van der Waals surface area (Å²) in [5.41, 5.74) is 2.65. The molecule has 2 aliphatic heterocycles. The molecule has 10 heteroatoms. The molecule has 168 valence electrons. The lowest BCUT2D eigenvalue weighted by Crippen LogP contribution is -2.29. The maximum Gasteiger partial charge on any atom is 0.303 e. The molecule has 1 fully saturated rings. The summed E-state index contributed by atoms with van der Waals surface area (Å²) >= 11 is 6.55. The van der Waals surface area contributed by atoms with Gasteiger partial charge < -0.3 is 10.4 Å². The number of carbonyl (C=O) groups is 4. The van der Waals surface area contributed by atoms with Gasteiger partial charge in [0, 0.05) is 18.5 Å². The minimum absolute atomic E-state index is 0.117. The maximum atomic E-state index is 12.8. The number of hydrogen-bond donors (Lipinski definition) is 2. The minimum Gasteiger partial charge on any atom is -0.481 e. The zero-order valence-corrected chi connectivity index (χ0v) is 19.0. The van der Waals surface area contributed by atoms with Gasteiger partial charge in [0.25, 0.3) is 17.6 Å². The first-order chi connectivity index (χ1) is 15.8. The van der Waals surface area contributed by atoms with Crippen molar-refractivity contribution in [2.75, 3.05) is 11.9 Å². The monoisotopic (exact) mass is 481 g/mol. The molecule has 2 aliphatic rings. The number of carboxylic acid groups (broad SMARTS) is 1. The van der Waals surface area contributed by atoms with Crippen molar-refractivity contribution in [2.45, 2.75) is 25.7 Å². The number of nitrogens with one attached hydrogen (secondary N) is 1. The summed E-state index contributed by atoms with van der Waals surface area (Å²) < 4.78 is 0.468. The third-order valence-corrected chi connectivity index (χ3v) is 6.59. The molecule has 2 aromatic rings. The average molecular weight is 482 g/mol. The SMILES string of the molecule is O=C(O)CCCCCN1C(=O)/C(=C/c2cccc(-c3ccc4c(c3)C(=O)C(=O)N4)n2)SC1=S. The number of carbonyl (C=O) groups excluding carboxylic acids is 3. The highest BCUT2D eigenvalue weighted by Crippen LogP contribution is 2.33. The third-order valence-electron chi connectivity index (χ3n) is 5.21. The number of rotatable bonds is 8. The molecule has 0 saturated carbocycles. The maximum absolute atomic E-state index is 12.8. The molecule has 33 heavy (non-hydrogen) atoms. The van der Waals surface area contributed by atoms with E-state index in [9.17, 15) is 19.2 Å². The second-order valence-electron chi connectivity index (χ2n) is 7.53. The standard InChI is InChI=1S/C23H19N3O5S2/c27-19(28)7-2-1-3-10-26-22(31)18(33-23(26)32)12-14-5-4-6-16(24-14)13-8-9-17-15(11-13)20(29)21(30)25-17/h4-6,8-9,11-12H,1-3,7,10H2,(H,27,28)(H,25,29,30)/b18-12-. The Morgan fingerprint density at radius 2 is 1.97 bits per heavy atom. The zero-order chi connectivity index (χ0) is 23.5. The second-order valence-corrected chi connectivity index (χ2v) is 9.20. The Morgan fingerprint density at radius 1 is 1.15 bits per heavy atom. The number of anilines is 1. The summed E-state index contributed by atoms with van der Waals surface area (Å²) in [6.07, 6.45) is 3.74. The molecule has 0 bridgehead atoms. The van der Waals surface area contributed by atoms with E-state index < -0.39 is 17.7 Å². The predicted molar refractivity (Wildman–Crippen MR) is 129 cm³/mol. The van der Waals surface area contributed by atoms with Gasteiger partial charge in [-0.2, -0.15) is 0 Å². The number of amides is 2. The number of carboxylic acids is 1. The Balaban J connectivity index is 1.47. The van der Waals surface area contributed by atoms with Crippen molar-refractivity contribution in [3.63, 3.8) is 0 Å². The first-order valence-electron chi connectivity index (χ1n) is 10.3. The van der Waals surface area contributed by atoms with Gasteiger partial charge in [-0.3, -0.25) is 24.1 Å². The summed E-state index contributed by atoms with van der Waals surface area (Å²) in [6, 6.07) is 10.4. The van der Waals surface area contributed by atoms with Crippen molar-refractivity contribution in [3.05, 3.63) is 52.6 Å². The number of unbranched alkanes of at least 4 members (excludes halogenated alkanes) is 2. The molecule has 1 saturated heterocycles. The average Bonchev–Trinajstić information content (AvgIpc) is 3.22. The molecule has 8 nitrogen and oxygen atoms in total. The number of nitrogens with zero attached hydrogens (tertiary/aromatic N) is 2. The Labute approximate surface area is 199 Å². The minimum atomic E-state index is -0.824. The smallest absolute Gasteiger partial charge is 0.303 e. The number of fused-ring (bicyclic) bond motifs is 1. The van der Waals surface area contributed by atoms with Crippen LogP contribution in [0.5, 0.6) is 0 Å². The Bertz CT molecular complexity index is 1220. The van der Waals surface area contributed by atoms with Gasteiger partial charge in [0.2, 0.25) is 0 Å². The summed E-state index contributed by atoms with van der Waals surface area (Å²) in [5.74, 6) is -2.24. The van der Waals surface area contributed by atoms with Gasteiger partial charge in [0.15, 0.2) is 0 Å². The topological polar surface area (TPSA) is 117 Å². The Morgan fingerprint density at radius 3 is 2.76 bits per heavy atom. The second kappa shape index (κ2) is 9.63. The third kappa shape index (κ3) is 5.01. The van der Waals surface area contributed by atoms with Crippen molar-refractivity contribution in [2.24, 2.45) is 0 Å². The number of ketones is 1. The van der Waals surface area contributed by atoms with Gasteiger partial charge in [0.05, 0.1) is 27.5 Å². The number of thioether (sulfide) groups is 1. The van der Waals surface area contributed by atoms with Crippen LogP contribution in [0.25, 0.3) is 17.3 Å². The van der Waals surface area contributed by atoms with Crippen LogP contribution in [0.3, 0.4) is 0 Å². The van der Waals surface area contributed by atoms with Crippen LogP contribution in [-0.2, 0) is 14.4 Å². The van der Waals surface area contributed by atoms with E-state index in [1.807, 2.05) is 0 Å². The summed E-state index contributed by atoms with van der Waals surface area (Å²) in [6.45, 7) is 0.449. The quantitative estimate of drug-likeness (QED) is 0.254. The molecular formula is C23H19N3O5S2. The molecule has 0 spiro atoms. The van der Waals surface area contributed by atoms with E-state index in [0.29, 0.717) is 63.2 Å². The van der Waals surface area contributed by atoms with Crippen LogP contribution in [0.4, 0.5) is 5.69 Å². The number of pyridine rings is 1. The van der Waals surface area contributed by atoms with Gasteiger partial charge in [0.1, 0.15) is 4.32 Å². The summed E-state index contributed by atoms with van der Waals surface area (Å²) in [5, 5.41) is 11.2. The molecule has 2 amide bonds. The van der Waals surface area contributed by atoms with Crippen LogP contribution in [0.15, 0.2) is 41.3 Å². The highest BCUT2D eigenvalue weighted by atomic mass is 32.2. The number of benzene rings is 1. The molecule has 0 unspecified atom stereocenters. The van der Waals surface area contributed by atoms with Gasteiger partial charge >= 0.3 is 5.97 Å². The Kier molecular flexibility index (Phi) is 6.66. The number of aromatic nitrogens is 1. The van der Waals surface area contributed by atoms with E-state index in [-0.39, 0.29) is 12.3 Å². The lowest BCUT2D eigenvalue weighted by atomic mass is 10.0. The first-order valence-corrected chi connectivity index (χ1v) is 11.5. The van der Waals surface area contributed by atoms with E-state index >= 15 is 0 Å². The van der Waals surface area contributed by atoms with Gasteiger partial charge in [-0.05, 0) is 43.2 Å².